The van der Waals surface area contributed by atoms with Crippen LogP contribution in [0.15, 0.2) is 23.1 Å². The first-order valence-corrected chi connectivity index (χ1v) is 6.95. The standard InChI is InChI=1S/C9H10Cl2F2N2O2S.ClH/c10-6-2-1-3-7(11)8(6)18(16,17)15-5-9(12,13)4-14;/h1-3,15H,4-5,14H2;1H. The summed E-state index contributed by atoms with van der Waals surface area (Å²) in [4.78, 5) is -0.429. The fourth-order valence-electron chi connectivity index (χ4n) is 1.08. The van der Waals surface area contributed by atoms with E-state index in [1.165, 1.54) is 18.2 Å². The van der Waals surface area contributed by atoms with Crippen LogP contribution in [0.2, 0.25) is 10.0 Å². The molecule has 1 aromatic rings. The Balaban J connectivity index is 0.00000324. The summed E-state index contributed by atoms with van der Waals surface area (Å²) in [5, 5.41) is -0.294. The van der Waals surface area contributed by atoms with Gasteiger partial charge in [-0.2, -0.15) is 0 Å². The number of hydrogen-bond donors (Lipinski definition) is 2. The first-order valence-electron chi connectivity index (χ1n) is 4.71. The van der Waals surface area contributed by atoms with Gasteiger partial charge in [-0.3, -0.25) is 0 Å². The van der Waals surface area contributed by atoms with Gasteiger partial charge in [0.25, 0.3) is 5.92 Å². The fourth-order valence-corrected chi connectivity index (χ4v) is 3.29. The molecular formula is C9H11Cl3F2N2O2S. The minimum absolute atomic E-state index is 0. The van der Waals surface area contributed by atoms with Crippen LogP contribution in [0, 0.1) is 0 Å². The van der Waals surface area contributed by atoms with Crippen LogP contribution in [-0.2, 0) is 10.0 Å². The van der Waals surface area contributed by atoms with E-state index in [9.17, 15) is 17.2 Å². The van der Waals surface area contributed by atoms with Gasteiger partial charge < -0.3 is 5.73 Å². The maximum atomic E-state index is 12.9. The molecule has 1 aromatic carbocycles. The first kappa shape index (κ1) is 18.8. The van der Waals surface area contributed by atoms with Crippen molar-refractivity contribution in [3.05, 3.63) is 28.2 Å². The zero-order chi connectivity index (χ0) is 14.0. The van der Waals surface area contributed by atoms with Gasteiger partial charge in [0.05, 0.1) is 23.1 Å². The molecule has 0 unspecified atom stereocenters. The van der Waals surface area contributed by atoms with Gasteiger partial charge in [-0.25, -0.2) is 21.9 Å². The van der Waals surface area contributed by atoms with E-state index < -0.39 is 33.9 Å². The minimum Gasteiger partial charge on any atom is -0.325 e. The molecule has 0 atom stereocenters. The lowest BCUT2D eigenvalue weighted by atomic mass is 10.3. The van der Waals surface area contributed by atoms with E-state index in [0.29, 0.717) is 0 Å². The topological polar surface area (TPSA) is 72.2 Å². The van der Waals surface area contributed by atoms with E-state index in [1.54, 1.807) is 4.72 Å². The summed E-state index contributed by atoms with van der Waals surface area (Å²) >= 11 is 11.4. The number of hydrogen-bond acceptors (Lipinski definition) is 3. The number of alkyl halides is 2. The Morgan fingerprint density at radius 1 is 1.26 bits per heavy atom. The van der Waals surface area contributed by atoms with Gasteiger partial charge in [0.15, 0.2) is 0 Å². The van der Waals surface area contributed by atoms with Gasteiger partial charge in [-0.1, -0.05) is 29.3 Å². The van der Waals surface area contributed by atoms with Crippen LogP contribution in [-0.4, -0.2) is 27.4 Å². The Morgan fingerprint density at radius 3 is 2.16 bits per heavy atom. The van der Waals surface area contributed by atoms with E-state index in [2.05, 4.69) is 0 Å². The summed E-state index contributed by atoms with van der Waals surface area (Å²) in [7, 11) is -4.21. The van der Waals surface area contributed by atoms with Crippen LogP contribution in [0.3, 0.4) is 0 Å². The lowest BCUT2D eigenvalue weighted by Gasteiger charge is -2.15. The molecule has 0 aliphatic heterocycles. The van der Waals surface area contributed by atoms with Crippen LogP contribution >= 0.6 is 35.6 Å². The monoisotopic (exact) mass is 354 g/mol. The summed E-state index contributed by atoms with van der Waals surface area (Å²) in [5.74, 6) is -3.33. The average molecular weight is 356 g/mol. The van der Waals surface area contributed by atoms with Crippen molar-refractivity contribution in [2.24, 2.45) is 5.73 Å². The third-order valence-electron chi connectivity index (χ3n) is 2.01. The molecule has 1 rings (SSSR count). The number of nitrogens with two attached hydrogens (primary N) is 1. The number of nitrogens with one attached hydrogen (secondary N) is 1. The maximum Gasteiger partial charge on any atom is 0.273 e. The number of sulfonamides is 1. The molecule has 110 valence electrons. The highest BCUT2D eigenvalue weighted by atomic mass is 35.5. The third kappa shape index (κ3) is 5.02. The van der Waals surface area contributed by atoms with Crippen LogP contribution in [0.5, 0.6) is 0 Å². The van der Waals surface area contributed by atoms with Crippen molar-refractivity contribution < 1.29 is 17.2 Å². The zero-order valence-corrected chi connectivity index (χ0v) is 12.5. The lowest BCUT2D eigenvalue weighted by Crippen LogP contribution is -2.41. The number of benzene rings is 1. The smallest absolute Gasteiger partial charge is 0.273 e. The van der Waals surface area contributed by atoms with Crippen LogP contribution in [0.4, 0.5) is 8.78 Å². The van der Waals surface area contributed by atoms with Crippen molar-refractivity contribution >= 4 is 45.6 Å². The van der Waals surface area contributed by atoms with Crippen LogP contribution in [0.1, 0.15) is 0 Å². The molecule has 0 aliphatic carbocycles. The van der Waals surface area contributed by atoms with Gasteiger partial charge in [0.1, 0.15) is 4.90 Å². The second-order valence-electron chi connectivity index (χ2n) is 3.44. The normalized spacial score (nSPS) is 12.1. The van der Waals surface area contributed by atoms with Gasteiger partial charge >= 0.3 is 0 Å². The highest BCUT2D eigenvalue weighted by molar-refractivity contribution is 7.89. The first-order chi connectivity index (χ1) is 8.19. The van der Waals surface area contributed by atoms with Gasteiger partial charge in [0, 0.05) is 0 Å². The molecule has 0 saturated heterocycles. The predicted molar refractivity (Wildman–Crippen MR) is 72.9 cm³/mol. The summed E-state index contributed by atoms with van der Waals surface area (Å²) in [6.07, 6.45) is 0. The Kier molecular flexibility index (Phi) is 6.94. The van der Waals surface area contributed by atoms with E-state index in [-0.39, 0.29) is 22.5 Å². The second kappa shape index (κ2) is 7.01. The molecule has 0 radical (unpaired) electrons. The van der Waals surface area contributed by atoms with Crippen molar-refractivity contribution in [1.82, 2.24) is 4.72 Å². The van der Waals surface area contributed by atoms with Crippen LogP contribution in [0.25, 0.3) is 0 Å². The fraction of sp³-hybridized carbons (Fsp3) is 0.333. The predicted octanol–water partition coefficient (Wildman–Crippen LogP) is 2.29. The molecule has 0 spiro atoms. The Labute approximate surface area is 125 Å². The molecule has 0 aromatic heterocycles. The summed E-state index contributed by atoms with van der Waals surface area (Å²) in [6, 6.07) is 4.03. The largest absolute Gasteiger partial charge is 0.325 e. The van der Waals surface area contributed by atoms with Crippen molar-refractivity contribution in [2.45, 2.75) is 10.8 Å². The molecule has 0 heterocycles. The molecule has 0 aliphatic rings. The molecule has 10 heteroatoms. The van der Waals surface area contributed by atoms with E-state index >= 15 is 0 Å². The molecule has 0 fully saturated rings. The summed E-state index contributed by atoms with van der Waals surface area (Å²) in [5.41, 5.74) is 4.80. The van der Waals surface area contributed by atoms with Crippen molar-refractivity contribution in [3.8, 4) is 0 Å². The zero-order valence-electron chi connectivity index (χ0n) is 9.37. The average Bonchev–Trinajstić information content (AvgIpc) is 2.26. The highest BCUT2D eigenvalue weighted by Crippen LogP contribution is 2.28. The highest BCUT2D eigenvalue weighted by Gasteiger charge is 2.30. The Hall–Kier alpha value is -0.180. The van der Waals surface area contributed by atoms with Gasteiger partial charge in [-0.05, 0) is 12.1 Å². The van der Waals surface area contributed by atoms with Gasteiger partial charge in [0.2, 0.25) is 10.0 Å². The second-order valence-corrected chi connectivity index (χ2v) is 5.95. The molecule has 3 N–H and O–H groups in total. The van der Waals surface area contributed by atoms with Crippen molar-refractivity contribution in [3.63, 3.8) is 0 Å². The van der Waals surface area contributed by atoms with E-state index in [1.807, 2.05) is 0 Å². The Bertz CT molecular complexity index is 520. The van der Waals surface area contributed by atoms with E-state index in [4.69, 9.17) is 28.9 Å². The maximum absolute atomic E-state index is 12.9. The molecule has 19 heavy (non-hydrogen) atoms. The third-order valence-corrected chi connectivity index (χ3v) is 4.36. The molecule has 0 saturated carbocycles. The molecule has 4 nitrogen and oxygen atoms in total. The molecule has 0 amide bonds. The molecular weight excluding hydrogens is 345 g/mol. The minimum atomic E-state index is -4.21. The van der Waals surface area contributed by atoms with E-state index in [0.717, 1.165) is 0 Å². The number of halogens is 5. The SMILES string of the molecule is Cl.NCC(F)(F)CNS(=O)(=O)c1c(Cl)cccc1Cl. The summed E-state index contributed by atoms with van der Waals surface area (Å²) < 4.78 is 51.1. The van der Waals surface area contributed by atoms with Crippen molar-refractivity contribution in [2.75, 3.05) is 13.1 Å². The van der Waals surface area contributed by atoms with Crippen molar-refractivity contribution in [1.29, 1.82) is 0 Å². The lowest BCUT2D eigenvalue weighted by molar-refractivity contribution is 0.0170. The quantitative estimate of drug-likeness (QED) is 0.851. The number of rotatable bonds is 5. The van der Waals surface area contributed by atoms with Gasteiger partial charge in [-0.15, -0.1) is 12.4 Å². The molecule has 0 bridgehead atoms. The van der Waals surface area contributed by atoms with Crippen LogP contribution < -0.4 is 10.5 Å². The summed E-state index contributed by atoms with van der Waals surface area (Å²) in [6.45, 7) is -2.08. The Morgan fingerprint density at radius 2 is 1.74 bits per heavy atom.